The highest BCUT2D eigenvalue weighted by Gasteiger charge is 2.43. The van der Waals surface area contributed by atoms with Crippen LogP contribution in [-0.2, 0) is 13.3 Å². The molecule has 9 nitrogen and oxygen atoms in total. The summed E-state index contributed by atoms with van der Waals surface area (Å²) in [7, 11) is 0.571. The highest BCUT2D eigenvalue weighted by atomic mass is 28.4. The molecule has 1 aromatic rings. The number of non-ortho nitro benzene ring substituents is 2. The van der Waals surface area contributed by atoms with E-state index in [1.807, 2.05) is 0 Å². The quantitative estimate of drug-likeness (QED) is 0.427. The van der Waals surface area contributed by atoms with Crippen LogP contribution in [-0.4, -0.2) is 40.0 Å². The van der Waals surface area contributed by atoms with Crippen LogP contribution >= 0.6 is 0 Å². The van der Waals surface area contributed by atoms with Gasteiger partial charge in [-0.3, -0.25) is 20.2 Å². The first-order valence-electron chi connectivity index (χ1n) is 5.00. The molecule has 0 N–H and O–H groups in total. The van der Waals surface area contributed by atoms with E-state index in [-0.39, 0.29) is 5.19 Å². The maximum Gasteiger partial charge on any atom is 0.536 e. The maximum atomic E-state index is 10.8. The van der Waals surface area contributed by atoms with Crippen molar-refractivity contribution in [2.75, 3.05) is 21.3 Å². The molecule has 0 radical (unpaired) electrons. The minimum absolute atomic E-state index is 0.154. The number of nitro benzene ring substituents is 2. The Kier molecular flexibility index (Phi) is 4.66. The molecule has 1 rings (SSSR count). The summed E-state index contributed by atoms with van der Waals surface area (Å²) < 4.78 is 15.4. The van der Waals surface area contributed by atoms with E-state index in [9.17, 15) is 20.2 Å². The van der Waals surface area contributed by atoms with Gasteiger partial charge in [0.25, 0.3) is 11.4 Å². The standard InChI is InChI=1S/C9H12N2O7Si/c1-16-19(17-2,18-3)9-5-7(10(12)13)4-8(6-9)11(14)15/h4-6H,1-3H3. The molecule has 104 valence electrons. The summed E-state index contributed by atoms with van der Waals surface area (Å²) in [5.74, 6) is 0. The Morgan fingerprint density at radius 2 is 1.26 bits per heavy atom. The van der Waals surface area contributed by atoms with Gasteiger partial charge in [-0.15, -0.1) is 0 Å². The molecule has 10 heteroatoms. The van der Waals surface area contributed by atoms with Crippen LogP contribution in [0.1, 0.15) is 0 Å². The van der Waals surface area contributed by atoms with Crippen molar-refractivity contribution >= 4 is 25.4 Å². The first-order chi connectivity index (χ1) is 8.90. The average Bonchev–Trinajstić information content (AvgIpc) is 2.41. The molecule has 0 saturated heterocycles. The van der Waals surface area contributed by atoms with Gasteiger partial charge in [0.2, 0.25) is 0 Å². The summed E-state index contributed by atoms with van der Waals surface area (Å²) in [6.45, 7) is 0. The van der Waals surface area contributed by atoms with E-state index < -0.39 is 30.0 Å². The topological polar surface area (TPSA) is 114 Å². The van der Waals surface area contributed by atoms with Gasteiger partial charge in [0.15, 0.2) is 0 Å². The molecule has 1 aromatic carbocycles. The zero-order valence-electron chi connectivity index (χ0n) is 10.5. The van der Waals surface area contributed by atoms with E-state index >= 15 is 0 Å². The van der Waals surface area contributed by atoms with E-state index in [1.165, 1.54) is 21.3 Å². The van der Waals surface area contributed by atoms with Crippen molar-refractivity contribution in [3.05, 3.63) is 38.4 Å². The molecule has 0 unspecified atom stereocenters. The lowest BCUT2D eigenvalue weighted by Gasteiger charge is -2.24. The number of nitro groups is 2. The largest absolute Gasteiger partial charge is 0.536 e. The number of rotatable bonds is 6. The van der Waals surface area contributed by atoms with E-state index in [4.69, 9.17) is 13.3 Å². The summed E-state index contributed by atoms with van der Waals surface area (Å²) in [5, 5.41) is 21.7. The van der Waals surface area contributed by atoms with Gasteiger partial charge in [-0.2, -0.15) is 0 Å². The summed E-state index contributed by atoms with van der Waals surface area (Å²) in [5.41, 5.74) is -0.848. The Labute approximate surface area is 109 Å². The maximum absolute atomic E-state index is 10.8. The van der Waals surface area contributed by atoms with Crippen LogP contribution in [0.2, 0.25) is 0 Å². The Morgan fingerprint density at radius 3 is 1.53 bits per heavy atom. The lowest BCUT2D eigenvalue weighted by molar-refractivity contribution is -0.394. The zero-order valence-corrected chi connectivity index (χ0v) is 11.5. The lowest BCUT2D eigenvalue weighted by Crippen LogP contribution is -2.54. The summed E-state index contributed by atoms with van der Waals surface area (Å²) in [6.07, 6.45) is 0. The van der Waals surface area contributed by atoms with Gasteiger partial charge in [-0.05, 0) is 0 Å². The third-order valence-electron chi connectivity index (χ3n) is 2.48. The van der Waals surface area contributed by atoms with E-state index in [0.717, 1.165) is 18.2 Å². The molecular formula is C9H12N2O7Si. The normalized spacial score (nSPS) is 11.3. The van der Waals surface area contributed by atoms with Gasteiger partial charge in [0, 0.05) is 38.6 Å². The molecule has 0 aliphatic rings. The van der Waals surface area contributed by atoms with Crippen molar-refractivity contribution in [1.29, 1.82) is 0 Å². The van der Waals surface area contributed by atoms with Crippen LogP contribution in [0.5, 0.6) is 0 Å². The molecule has 0 bridgehead atoms. The lowest BCUT2D eigenvalue weighted by atomic mass is 10.3. The zero-order chi connectivity index (χ0) is 14.6. The van der Waals surface area contributed by atoms with E-state index in [1.54, 1.807) is 0 Å². The molecule has 0 amide bonds. The Bertz CT molecular complexity index is 463. The minimum atomic E-state index is -3.36. The van der Waals surface area contributed by atoms with Crippen molar-refractivity contribution in [3.8, 4) is 0 Å². The van der Waals surface area contributed by atoms with Gasteiger partial charge in [0.1, 0.15) is 0 Å². The highest BCUT2D eigenvalue weighted by molar-refractivity contribution is 6.75. The Balaban J connectivity index is 3.49. The SMILES string of the molecule is CO[Si](OC)(OC)c1cc([N+](=O)[O-])cc([N+](=O)[O-])c1. The second kappa shape index (κ2) is 5.84. The number of hydrogen-bond acceptors (Lipinski definition) is 7. The molecule has 0 fully saturated rings. The second-order valence-electron chi connectivity index (χ2n) is 3.42. The van der Waals surface area contributed by atoms with E-state index in [2.05, 4.69) is 0 Å². The van der Waals surface area contributed by atoms with Crippen LogP contribution in [0, 0.1) is 20.2 Å². The molecule has 0 heterocycles. The predicted molar refractivity (Wildman–Crippen MR) is 66.2 cm³/mol. The molecular weight excluding hydrogens is 276 g/mol. The Morgan fingerprint density at radius 1 is 0.895 bits per heavy atom. The van der Waals surface area contributed by atoms with Gasteiger partial charge in [0.05, 0.1) is 15.9 Å². The van der Waals surface area contributed by atoms with Crippen molar-refractivity contribution in [3.63, 3.8) is 0 Å². The fraction of sp³-hybridized carbons (Fsp3) is 0.333. The molecule has 19 heavy (non-hydrogen) atoms. The van der Waals surface area contributed by atoms with Gasteiger partial charge in [-0.25, -0.2) is 0 Å². The van der Waals surface area contributed by atoms with Crippen molar-refractivity contribution in [2.24, 2.45) is 0 Å². The van der Waals surface area contributed by atoms with Gasteiger partial charge < -0.3 is 13.3 Å². The van der Waals surface area contributed by atoms with Crippen molar-refractivity contribution in [1.82, 2.24) is 0 Å². The van der Waals surface area contributed by atoms with Crippen molar-refractivity contribution in [2.45, 2.75) is 0 Å². The predicted octanol–water partition coefficient (Wildman–Crippen LogP) is 0.588. The summed E-state index contributed by atoms with van der Waals surface area (Å²) >= 11 is 0. The van der Waals surface area contributed by atoms with Gasteiger partial charge in [-0.1, -0.05) is 0 Å². The molecule has 0 saturated carbocycles. The first-order valence-corrected chi connectivity index (χ1v) is 6.72. The summed E-state index contributed by atoms with van der Waals surface area (Å²) in [4.78, 5) is 20.1. The fourth-order valence-electron chi connectivity index (χ4n) is 1.59. The van der Waals surface area contributed by atoms with Crippen LogP contribution in [0.25, 0.3) is 0 Å². The molecule has 0 aliphatic carbocycles. The smallest absolute Gasteiger partial charge is 0.373 e. The first kappa shape index (κ1) is 15.2. The van der Waals surface area contributed by atoms with Gasteiger partial charge >= 0.3 is 8.80 Å². The molecule has 0 aromatic heterocycles. The van der Waals surface area contributed by atoms with Crippen LogP contribution in [0.15, 0.2) is 18.2 Å². The summed E-state index contributed by atoms with van der Waals surface area (Å²) in [6, 6.07) is 3.16. The third-order valence-corrected chi connectivity index (χ3v) is 5.09. The average molecular weight is 288 g/mol. The van der Waals surface area contributed by atoms with Crippen molar-refractivity contribution < 1.29 is 23.1 Å². The van der Waals surface area contributed by atoms with Crippen LogP contribution < -0.4 is 5.19 Å². The fourth-order valence-corrected chi connectivity index (χ4v) is 3.44. The number of nitrogens with zero attached hydrogens (tertiary/aromatic N) is 2. The number of hydrogen-bond donors (Lipinski definition) is 0. The third kappa shape index (κ3) is 2.93. The highest BCUT2D eigenvalue weighted by Crippen LogP contribution is 2.21. The number of benzene rings is 1. The van der Waals surface area contributed by atoms with E-state index in [0.29, 0.717) is 0 Å². The molecule has 0 atom stereocenters. The minimum Gasteiger partial charge on any atom is -0.373 e. The monoisotopic (exact) mass is 288 g/mol. The Hall–Kier alpha value is -1.88. The van der Waals surface area contributed by atoms with Crippen LogP contribution in [0.3, 0.4) is 0 Å². The van der Waals surface area contributed by atoms with Crippen LogP contribution in [0.4, 0.5) is 11.4 Å². The molecule has 0 spiro atoms. The second-order valence-corrected chi connectivity index (χ2v) is 6.34. The molecule has 0 aliphatic heterocycles.